The van der Waals surface area contributed by atoms with Crippen LogP contribution in [0.4, 0.5) is 0 Å². The highest BCUT2D eigenvalue weighted by molar-refractivity contribution is 7.89. The maximum Gasteiger partial charge on any atom is 0.242 e. The van der Waals surface area contributed by atoms with Crippen LogP contribution in [0.3, 0.4) is 0 Å². The number of nitrogens with zero attached hydrogens (tertiary/aromatic N) is 1. The van der Waals surface area contributed by atoms with Crippen molar-refractivity contribution in [2.24, 2.45) is 5.84 Å². The van der Waals surface area contributed by atoms with Gasteiger partial charge in [-0.05, 0) is 11.3 Å². The van der Waals surface area contributed by atoms with Crippen LogP contribution >= 0.6 is 0 Å². The topological polar surface area (TPSA) is 74.3 Å². The molecule has 1 radical (unpaired) electrons. The molecule has 0 aromatic carbocycles. The predicted octanol–water partition coefficient (Wildman–Crippen LogP) is -0.0155. The Labute approximate surface area is 61.8 Å². The van der Waals surface area contributed by atoms with Gasteiger partial charge in [-0.25, -0.2) is 14.3 Å². The summed E-state index contributed by atoms with van der Waals surface area (Å²) >= 11 is 0. The van der Waals surface area contributed by atoms with Gasteiger partial charge in [0.15, 0.2) is 0 Å². The molecule has 0 aliphatic carbocycles. The van der Waals surface area contributed by atoms with E-state index in [-0.39, 0.29) is 5.75 Å². The van der Waals surface area contributed by atoms with Gasteiger partial charge in [0, 0.05) is 0 Å². The summed E-state index contributed by atoms with van der Waals surface area (Å²) < 4.78 is 21.2. The lowest BCUT2D eigenvalue weighted by atomic mass is 10.3. The van der Waals surface area contributed by atoms with Crippen molar-refractivity contribution in [3.63, 3.8) is 0 Å². The first-order valence-electron chi connectivity index (χ1n) is 3.27. The Kier molecular flexibility index (Phi) is 4.59. The Morgan fingerprint density at radius 1 is 1.40 bits per heavy atom. The Hall–Kier alpha value is -0.130. The van der Waals surface area contributed by atoms with E-state index in [9.17, 15) is 8.42 Å². The lowest BCUT2D eigenvalue weighted by Crippen LogP contribution is -2.24. The first-order valence-corrected chi connectivity index (χ1v) is 4.88. The van der Waals surface area contributed by atoms with E-state index in [0.29, 0.717) is 6.42 Å². The molecule has 0 unspecified atom stereocenters. The lowest BCUT2D eigenvalue weighted by Gasteiger charge is -1.97. The number of unbranched alkanes of at least 4 members (excludes halogenated alkanes) is 2. The Morgan fingerprint density at radius 2 is 2.00 bits per heavy atom. The molecule has 5 heteroatoms. The normalized spacial score (nSPS) is 11.8. The maximum atomic E-state index is 10.6. The number of hydrogen-bond donors (Lipinski definition) is 1. The lowest BCUT2D eigenvalue weighted by molar-refractivity contribution is 0.577. The minimum atomic E-state index is -3.29. The summed E-state index contributed by atoms with van der Waals surface area (Å²) in [6.07, 6.45) is 2.56. The van der Waals surface area contributed by atoms with Crippen LogP contribution in [0.5, 0.6) is 0 Å². The van der Waals surface area contributed by atoms with E-state index in [1.807, 2.05) is 6.92 Å². The molecule has 0 rings (SSSR count). The van der Waals surface area contributed by atoms with E-state index in [1.165, 1.54) is 0 Å². The minimum Gasteiger partial charge on any atom is -0.238 e. The molecular formula is C5H13N2O2S. The van der Waals surface area contributed by atoms with Gasteiger partial charge in [0.05, 0.1) is 5.75 Å². The Balaban J connectivity index is 3.49. The fraction of sp³-hybridized carbons (Fsp3) is 1.00. The third kappa shape index (κ3) is 4.72. The molecule has 0 aliphatic heterocycles. The summed E-state index contributed by atoms with van der Waals surface area (Å²) in [6.45, 7) is 2.01. The molecule has 0 bridgehead atoms. The summed E-state index contributed by atoms with van der Waals surface area (Å²) in [4.78, 5) is 2.76. The van der Waals surface area contributed by atoms with Gasteiger partial charge in [0.25, 0.3) is 0 Å². The van der Waals surface area contributed by atoms with Crippen LogP contribution in [0.15, 0.2) is 0 Å². The highest BCUT2D eigenvalue weighted by atomic mass is 32.2. The van der Waals surface area contributed by atoms with Gasteiger partial charge in [-0.1, -0.05) is 19.8 Å². The van der Waals surface area contributed by atoms with Crippen LogP contribution in [0.2, 0.25) is 0 Å². The summed E-state index contributed by atoms with van der Waals surface area (Å²) in [5.74, 6) is 4.71. The van der Waals surface area contributed by atoms with Crippen molar-refractivity contribution in [3.05, 3.63) is 0 Å². The van der Waals surface area contributed by atoms with Crippen LogP contribution < -0.4 is 10.7 Å². The molecule has 0 atom stereocenters. The van der Waals surface area contributed by atoms with Gasteiger partial charge < -0.3 is 0 Å². The van der Waals surface area contributed by atoms with Crippen LogP contribution in [-0.2, 0) is 10.0 Å². The fourth-order valence-corrected chi connectivity index (χ4v) is 1.26. The smallest absolute Gasteiger partial charge is 0.238 e. The van der Waals surface area contributed by atoms with Gasteiger partial charge in [-0.15, -0.1) is 0 Å². The highest BCUT2D eigenvalue weighted by Crippen LogP contribution is 1.96. The van der Waals surface area contributed by atoms with Crippen LogP contribution in [0, 0.1) is 0 Å². The van der Waals surface area contributed by atoms with E-state index in [0.717, 1.165) is 12.8 Å². The molecule has 10 heavy (non-hydrogen) atoms. The molecule has 0 aliphatic rings. The molecule has 0 fully saturated rings. The number of rotatable bonds is 5. The van der Waals surface area contributed by atoms with E-state index in [2.05, 4.69) is 10.7 Å². The quantitative estimate of drug-likeness (QED) is 0.353. The van der Waals surface area contributed by atoms with Crippen molar-refractivity contribution < 1.29 is 8.42 Å². The number of sulfonamides is 1. The molecule has 0 saturated carbocycles. The fourth-order valence-electron chi connectivity index (χ4n) is 0.587. The summed E-state index contributed by atoms with van der Waals surface area (Å²) in [5, 5.41) is 0. The Bertz CT molecular complexity index is 164. The highest BCUT2D eigenvalue weighted by Gasteiger charge is 2.06. The second-order valence-corrected chi connectivity index (χ2v) is 3.88. The molecule has 0 amide bonds. The minimum absolute atomic E-state index is 0.0807. The summed E-state index contributed by atoms with van der Waals surface area (Å²) in [7, 11) is -3.29. The van der Waals surface area contributed by atoms with Crippen molar-refractivity contribution in [2.75, 3.05) is 5.75 Å². The summed E-state index contributed by atoms with van der Waals surface area (Å²) in [5.41, 5.74) is 0. The molecule has 0 aromatic heterocycles. The Morgan fingerprint density at radius 3 is 2.40 bits per heavy atom. The van der Waals surface area contributed by atoms with Gasteiger partial charge in [0.1, 0.15) is 0 Å². The molecule has 4 nitrogen and oxygen atoms in total. The van der Waals surface area contributed by atoms with Gasteiger partial charge in [-0.2, -0.15) is 0 Å². The van der Waals surface area contributed by atoms with Gasteiger partial charge in [0.2, 0.25) is 10.0 Å². The molecule has 0 saturated heterocycles. The van der Waals surface area contributed by atoms with Crippen molar-refractivity contribution in [3.8, 4) is 0 Å². The average molecular weight is 165 g/mol. The zero-order chi connectivity index (χ0) is 8.04. The summed E-state index contributed by atoms with van der Waals surface area (Å²) in [6, 6.07) is 0. The average Bonchev–Trinajstić information content (AvgIpc) is 1.89. The third-order valence-electron chi connectivity index (χ3n) is 1.17. The van der Waals surface area contributed by atoms with E-state index >= 15 is 0 Å². The molecule has 2 N–H and O–H groups in total. The van der Waals surface area contributed by atoms with E-state index in [1.54, 1.807) is 0 Å². The molecule has 61 valence electrons. The molecular weight excluding hydrogens is 152 g/mol. The van der Waals surface area contributed by atoms with Crippen molar-refractivity contribution >= 4 is 10.0 Å². The number of nitrogens with two attached hydrogens (primary N) is 1. The molecule has 0 aromatic rings. The third-order valence-corrected chi connectivity index (χ3v) is 2.29. The monoisotopic (exact) mass is 165 g/mol. The second kappa shape index (κ2) is 4.65. The second-order valence-electron chi connectivity index (χ2n) is 2.10. The zero-order valence-electron chi connectivity index (χ0n) is 6.08. The molecule has 0 heterocycles. The largest absolute Gasteiger partial charge is 0.242 e. The first-order chi connectivity index (χ1) is 4.62. The van der Waals surface area contributed by atoms with Crippen molar-refractivity contribution in [1.29, 1.82) is 0 Å². The standard InChI is InChI=1S/C5H13N2O2S/c1-2-3-4-5-10(8,9)7-6/h2-6H2,1H3. The first kappa shape index (κ1) is 9.87. The predicted molar refractivity (Wildman–Crippen MR) is 39.6 cm³/mol. The SMILES string of the molecule is CCCCCS(=O)(=O)[N]N. The van der Waals surface area contributed by atoms with Gasteiger partial charge >= 0.3 is 0 Å². The maximum absolute atomic E-state index is 10.6. The van der Waals surface area contributed by atoms with E-state index in [4.69, 9.17) is 0 Å². The number of hydrogen-bond acceptors (Lipinski definition) is 3. The van der Waals surface area contributed by atoms with Crippen molar-refractivity contribution in [2.45, 2.75) is 26.2 Å². The zero-order valence-corrected chi connectivity index (χ0v) is 6.89. The molecule has 0 spiro atoms. The van der Waals surface area contributed by atoms with Gasteiger partial charge in [-0.3, -0.25) is 0 Å². The van der Waals surface area contributed by atoms with Crippen LogP contribution in [0.1, 0.15) is 26.2 Å². The van der Waals surface area contributed by atoms with Crippen LogP contribution in [-0.4, -0.2) is 14.2 Å². The van der Waals surface area contributed by atoms with Crippen LogP contribution in [0.25, 0.3) is 0 Å². The van der Waals surface area contributed by atoms with E-state index < -0.39 is 10.0 Å². The van der Waals surface area contributed by atoms with Crippen molar-refractivity contribution in [1.82, 2.24) is 4.83 Å².